The zero-order valence-corrected chi connectivity index (χ0v) is 26.9. The second-order valence-electron chi connectivity index (χ2n) is 16.7. The largest absolute Gasteiger partial charge is 0.508 e. The Morgan fingerprint density at radius 1 is 0.850 bits per heavy atom. The minimum atomic E-state index is 0.356. The summed E-state index contributed by atoms with van der Waals surface area (Å²) in [6, 6.07) is 7.71. The highest BCUT2D eigenvalue weighted by atomic mass is 16.3. The van der Waals surface area contributed by atoms with Crippen LogP contribution in [0.5, 0.6) is 5.75 Å². The molecule has 0 heterocycles. The molecule has 0 spiro atoms. The van der Waals surface area contributed by atoms with Crippen molar-refractivity contribution in [3.05, 3.63) is 41.0 Å². The molecule has 7 unspecified atom stereocenters. The van der Waals surface area contributed by atoms with Crippen molar-refractivity contribution >= 4 is 0 Å². The van der Waals surface area contributed by atoms with E-state index in [0.717, 1.165) is 42.7 Å². The number of rotatable bonds is 6. The second kappa shape index (κ2) is 10.2. The standard InChI is InChI=1S/C38H59NO/c1-25(2)29-15-20-38(22-23-39-24-27-8-10-28(40)11-9-27)21-16-31-30(34(29)38)12-13-33-36(31,6)19-17-32-35(4,5)26(3)14-18-37(32,33)7/h8-11,25-26,30-33,39-40H,12-24H2,1-7H3/t26?,30?,31?,32-,33?,36?,37?,38?/m0/s1. The van der Waals surface area contributed by atoms with Gasteiger partial charge in [0.05, 0.1) is 0 Å². The van der Waals surface area contributed by atoms with Crippen LogP contribution in [0.4, 0.5) is 0 Å². The highest BCUT2D eigenvalue weighted by Gasteiger charge is 2.65. The van der Waals surface area contributed by atoms with Crippen molar-refractivity contribution in [3.63, 3.8) is 0 Å². The van der Waals surface area contributed by atoms with E-state index in [9.17, 15) is 5.11 Å². The normalized spacial score (nSPS) is 42.2. The third kappa shape index (κ3) is 4.36. The Balaban J connectivity index is 1.24. The van der Waals surface area contributed by atoms with E-state index in [1.54, 1.807) is 0 Å². The van der Waals surface area contributed by atoms with Crippen LogP contribution >= 0.6 is 0 Å². The van der Waals surface area contributed by atoms with Crippen LogP contribution in [0.2, 0.25) is 0 Å². The third-order valence-corrected chi connectivity index (χ3v) is 14.6. The first-order valence-electron chi connectivity index (χ1n) is 17.1. The fraction of sp³-hybridized carbons (Fsp3) is 0.789. The van der Waals surface area contributed by atoms with Crippen molar-refractivity contribution in [2.45, 2.75) is 126 Å². The summed E-state index contributed by atoms with van der Waals surface area (Å²) >= 11 is 0. The molecule has 0 aromatic heterocycles. The summed E-state index contributed by atoms with van der Waals surface area (Å²) in [6.45, 7) is 20.3. The van der Waals surface area contributed by atoms with Crippen molar-refractivity contribution in [1.82, 2.24) is 5.32 Å². The topological polar surface area (TPSA) is 32.3 Å². The van der Waals surface area contributed by atoms with Gasteiger partial charge in [0.25, 0.3) is 0 Å². The number of hydrogen-bond acceptors (Lipinski definition) is 2. The highest BCUT2D eigenvalue weighted by molar-refractivity contribution is 5.36. The number of phenolic OH excluding ortho intramolecular Hbond substituents is 1. The van der Waals surface area contributed by atoms with Crippen molar-refractivity contribution in [1.29, 1.82) is 0 Å². The molecule has 2 nitrogen and oxygen atoms in total. The molecule has 40 heavy (non-hydrogen) atoms. The predicted octanol–water partition coefficient (Wildman–Crippen LogP) is 9.92. The van der Waals surface area contributed by atoms with Crippen LogP contribution in [0.25, 0.3) is 0 Å². The fourth-order valence-electron chi connectivity index (χ4n) is 12.2. The number of benzene rings is 1. The van der Waals surface area contributed by atoms with E-state index in [0.29, 0.717) is 33.3 Å². The van der Waals surface area contributed by atoms with Gasteiger partial charge in [-0.05, 0) is 152 Å². The molecule has 0 saturated heterocycles. The monoisotopic (exact) mass is 545 g/mol. The average Bonchev–Trinajstić information content (AvgIpc) is 3.30. The lowest BCUT2D eigenvalue weighted by Gasteiger charge is -2.69. The van der Waals surface area contributed by atoms with E-state index in [4.69, 9.17) is 0 Å². The van der Waals surface area contributed by atoms with Crippen LogP contribution in [0.3, 0.4) is 0 Å². The Hall–Kier alpha value is -1.28. The molecule has 0 radical (unpaired) electrons. The molecule has 1 aromatic rings. The van der Waals surface area contributed by atoms with Crippen LogP contribution < -0.4 is 5.32 Å². The minimum absolute atomic E-state index is 0.356. The van der Waals surface area contributed by atoms with Gasteiger partial charge in [0.15, 0.2) is 0 Å². The number of phenols is 1. The van der Waals surface area contributed by atoms with E-state index in [2.05, 4.69) is 53.8 Å². The summed E-state index contributed by atoms with van der Waals surface area (Å²) in [7, 11) is 0. The zero-order chi connectivity index (χ0) is 28.5. The van der Waals surface area contributed by atoms with Crippen LogP contribution in [-0.2, 0) is 6.54 Å². The predicted molar refractivity (Wildman–Crippen MR) is 168 cm³/mol. The van der Waals surface area contributed by atoms with Crippen LogP contribution in [0.15, 0.2) is 35.4 Å². The molecule has 5 aliphatic rings. The van der Waals surface area contributed by atoms with Gasteiger partial charge >= 0.3 is 0 Å². The summed E-state index contributed by atoms with van der Waals surface area (Å²) in [5.41, 5.74) is 7.09. The first-order valence-corrected chi connectivity index (χ1v) is 17.1. The van der Waals surface area contributed by atoms with Crippen LogP contribution in [0.1, 0.15) is 125 Å². The van der Waals surface area contributed by atoms with Gasteiger partial charge < -0.3 is 10.4 Å². The molecule has 6 rings (SSSR count). The van der Waals surface area contributed by atoms with Gasteiger partial charge in [-0.15, -0.1) is 0 Å². The smallest absolute Gasteiger partial charge is 0.115 e. The number of allylic oxidation sites excluding steroid dienone is 2. The lowest BCUT2D eigenvalue weighted by Crippen LogP contribution is -2.61. The number of nitrogens with one attached hydrogen (secondary N) is 1. The van der Waals surface area contributed by atoms with Crippen LogP contribution in [0, 0.1) is 57.2 Å². The Labute approximate surface area is 246 Å². The summed E-state index contributed by atoms with van der Waals surface area (Å²) < 4.78 is 0. The molecule has 0 amide bonds. The maximum absolute atomic E-state index is 9.63. The van der Waals surface area contributed by atoms with Crippen LogP contribution in [-0.4, -0.2) is 11.7 Å². The van der Waals surface area contributed by atoms with Gasteiger partial charge in [0.1, 0.15) is 5.75 Å². The third-order valence-electron chi connectivity index (χ3n) is 14.6. The van der Waals surface area contributed by atoms with Gasteiger partial charge in [0, 0.05) is 6.54 Å². The molecule has 8 atom stereocenters. The molecule has 0 bridgehead atoms. The van der Waals surface area contributed by atoms with E-state index in [1.165, 1.54) is 76.2 Å². The maximum atomic E-state index is 9.63. The number of hydrogen-bond donors (Lipinski definition) is 2. The quantitative estimate of drug-likeness (QED) is 0.275. The van der Waals surface area contributed by atoms with Crippen molar-refractivity contribution in [2.75, 3.05) is 6.54 Å². The first kappa shape index (κ1) is 28.8. The van der Waals surface area contributed by atoms with E-state index < -0.39 is 0 Å². The summed E-state index contributed by atoms with van der Waals surface area (Å²) in [5, 5.41) is 13.4. The van der Waals surface area contributed by atoms with Gasteiger partial charge in [0.2, 0.25) is 0 Å². The lowest BCUT2D eigenvalue weighted by atomic mass is 9.36. The van der Waals surface area contributed by atoms with Crippen molar-refractivity contribution in [3.8, 4) is 5.75 Å². The Morgan fingerprint density at radius 2 is 1.57 bits per heavy atom. The van der Waals surface area contributed by atoms with Gasteiger partial charge in [-0.25, -0.2) is 0 Å². The van der Waals surface area contributed by atoms with E-state index >= 15 is 0 Å². The second-order valence-corrected chi connectivity index (χ2v) is 16.7. The Kier molecular flexibility index (Phi) is 7.33. The lowest BCUT2D eigenvalue weighted by molar-refractivity contribution is -0.189. The zero-order valence-electron chi connectivity index (χ0n) is 26.9. The van der Waals surface area contributed by atoms with E-state index in [1.807, 2.05) is 35.4 Å². The number of fused-ring (bicyclic) bond motifs is 7. The SMILES string of the molecule is CC(C)C1=C2C3CCC4C(C)(CC[C@H]5C(C)(C)C(C)CCC45C)C3CCC2(CCNCc2ccc(O)cc2)CC1. The van der Waals surface area contributed by atoms with Gasteiger partial charge in [-0.2, -0.15) is 0 Å². The first-order chi connectivity index (χ1) is 18.9. The summed E-state index contributed by atoms with van der Waals surface area (Å²) in [6.07, 6.45) is 15.7. The summed E-state index contributed by atoms with van der Waals surface area (Å²) in [4.78, 5) is 0. The maximum Gasteiger partial charge on any atom is 0.115 e. The molecule has 222 valence electrons. The fourth-order valence-corrected chi connectivity index (χ4v) is 12.2. The number of aromatic hydroxyl groups is 1. The summed E-state index contributed by atoms with van der Waals surface area (Å²) in [5.74, 6) is 5.46. The molecular formula is C38H59NO. The van der Waals surface area contributed by atoms with Gasteiger partial charge in [-0.1, -0.05) is 71.7 Å². The molecule has 2 N–H and O–H groups in total. The van der Waals surface area contributed by atoms with Crippen molar-refractivity contribution < 1.29 is 5.11 Å². The van der Waals surface area contributed by atoms with Crippen molar-refractivity contribution in [2.24, 2.45) is 57.2 Å². The minimum Gasteiger partial charge on any atom is -0.508 e. The molecule has 2 heteroatoms. The molecule has 4 saturated carbocycles. The highest BCUT2D eigenvalue weighted by Crippen LogP contribution is 2.73. The Morgan fingerprint density at radius 3 is 2.30 bits per heavy atom. The average molecular weight is 546 g/mol. The molecule has 4 fully saturated rings. The Bertz CT molecular complexity index is 1110. The van der Waals surface area contributed by atoms with E-state index in [-0.39, 0.29) is 0 Å². The van der Waals surface area contributed by atoms with Gasteiger partial charge in [-0.3, -0.25) is 0 Å². The molecule has 0 aliphatic heterocycles. The molecular weight excluding hydrogens is 486 g/mol. The molecule has 5 aliphatic carbocycles. The molecule has 1 aromatic carbocycles.